The van der Waals surface area contributed by atoms with Crippen molar-refractivity contribution in [3.63, 3.8) is 0 Å². The number of hydrogen-bond donors (Lipinski definition) is 3. The van der Waals surface area contributed by atoms with Gasteiger partial charge in [-0.25, -0.2) is 0 Å². The van der Waals surface area contributed by atoms with Crippen LogP contribution in [0.2, 0.25) is 0 Å². The number of benzene rings is 2. The van der Waals surface area contributed by atoms with Gasteiger partial charge in [-0.3, -0.25) is 0 Å². The van der Waals surface area contributed by atoms with Crippen LogP contribution in [0.5, 0.6) is 0 Å². The van der Waals surface area contributed by atoms with Gasteiger partial charge in [-0.1, -0.05) is 30.0 Å². The molecule has 0 spiro atoms. The summed E-state index contributed by atoms with van der Waals surface area (Å²) in [6, 6.07) is 16.5. The molecular weight excluding hydrogens is 340 g/mol. The van der Waals surface area contributed by atoms with E-state index in [-0.39, 0.29) is 0 Å². The van der Waals surface area contributed by atoms with E-state index in [1.54, 1.807) is 11.8 Å². The van der Waals surface area contributed by atoms with Gasteiger partial charge in [0.1, 0.15) is 0 Å². The minimum atomic E-state index is 0.632. The maximum absolute atomic E-state index is 5.83. The predicted octanol–water partition coefficient (Wildman–Crippen LogP) is 4.45. The zero-order valence-electron chi connectivity index (χ0n) is 14.3. The number of nitrogens with zero attached hydrogens (tertiary/aromatic N) is 1. The number of anilines is 2. The average Bonchev–Trinajstić information content (AvgIpc) is 3.40. The minimum absolute atomic E-state index is 0.632. The van der Waals surface area contributed by atoms with Crippen LogP contribution in [0.15, 0.2) is 75.9 Å². The van der Waals surface area contributed by atoms with Gasteiger partial charge in [-0.05, 0) is 49.2 Å². The van der Waals surface area contributed by atoms with E-state index in [9.17, 15) is 0 Å². The summed E-state index contributed by atoms with van der Waals surface area (Å²) >= 11 is 1.77. The zero-order valence-corrected chi connectivity index (χ0v) is 15.1. The molecule has 2 aromatic rings. The second kappa shape index (κ2) is 6.25. The Balaban J connectivity index is 1.56. The Morgan fingerprint density at radius 2 is 1.85 bits per heavy atom. The SMILES string of the molecule is Nc1ccc(SC2=CC(=C3CNN=C3C3CC3)Nc3ccccc32)cc1. The molecule has 3 aliphatic rings. The molecule has 0 aromatic heterocycles. The van der Waals surface area contributed by atoms with Crippen LogP contribution in [0, 0.1) is 5.92 Å². The van der Waals surface area contributed by atoms with Crippen LogP contribution < -0.4 is 16.5 Å². The highest BCUT2D eigenvalue weighted by Crippen LogP contribution is 2.43. The smallest absolute Gasteiger partial charge is 0.0705 e. The number of thioether (sulfide) groups is 1. The van der Waals surface area contributed by atoms with Crippen LogP contribution in [0.4, 0.5) is 11.4 Å². The first kappa shape index (κ1) is 15.6. The molecule has 2 aromatic carbocycles. The molecule has 1 fully saturated rings. The Morgan fingerprint density at radius 1 is 1.04 bits per heavy atom. The number of nitrogens with one attached hydrogen (secondary N) is 2. The normalized spacial score (nSPS) is 21.4. The topological polar surface area (TPSA) is 62.4 Å². The Labute approximate surface area is 157 Å². The number of nitrogens with two attached hydrogens (primary N) is 1. The van der Waals surface area contributed by atoms with Crippen LogP contribution in [0.3, 0.4) is 0 Å². The van der Waals surface area contributed by atoms with E-state index in [0.29, 0.717) is 5.92 Å². The third kappa shape index (κ3) is 2.88. The Morgan fingerprint density at radius 3 is 2.65 bits per heavy atom. The van der Waals surface area contributed by atoms with Gasteiger partial charge in [0, 0.05) is 43.9 Å². The summed E-state index contributed by atoms with van der Waals surface area (Å²) in [5.74, 6) is 0.632. The van der Waals surface area contributed by atoms with E-state index < -0.39 is 0 Å². The first-order valence-corrected chi connectivity index (χ1v) is 9.75. The summed E-state index contributed by atoms with van der Waals surface area (Å²) in [7, 11) is 0. The van der Waals surface area contributed by atoms with E-state index in [4.69, 9.17) is 5.73 Å². The molecule has 130 valence electrons. The summed E-state index contributed by atoms with van der Waals surface area (Å²) < 4.78 is 0. The standard InChI is InChI=1S/C21H20N4S/c22-14-7-9-15(10-8-14)26-20-11-19(24-18-4-2-1-3-16(18)20)17-12-23-25-21(17)13-5-6-13/h1-4,7-11,13,23-24H,5-6,12,22H2. The maximum Gasteiger partial charge on any atom is 0.0705 e. The molecule has 0 radical (unpaired) electrons. The van der Waals surface area contributed by atoms with Crippen molar-refractivity contribution in [1.82, 2.24) is 5.43 Å². The highest BCUT2D eigenvalue weighted by Gasteiger charge is 2.34. The fourth-order valence-corrected chi connectivity index (χ4v) is 4.39. The van der Waals surface area contributed by atoms with E-state index in [1.807, 2.05) is 12.1 Å². The van der Waals surface area contributed by atoms with Crippen LogP contribution in [0.25, 0.3) is 4.91 Å². The lowest BCUT2D eigenvalue weighted by molar-refractivity contribution is 0.851. The summed E-state index contributed by atoms with van der Waals surface area (Å²) in [6.07, 6.45) is 4.78. The lowest BCUT2D eigenvalue weighted by atomic mass is 10.0. The van der Waals surface area contributed by atoms with Gasteiger partial charge in [0.25, 0.3) is 0 Å². The Kier molecular flexibility index (Phi) is 3.75. The summed E-state index contributed by atoms with van der Waals surface area (Å²) in [4.78, 5) is 2.43. The van der Waals surface area contributed by atoms with E-state index >= 15 is 0 Å². The van der Waals surface area contributed by atoms with Gasteiger partial charge in [0.05, 0.1) is 12.3 Å². The second-order valence-electron chi connectivity index (χ2n) is 6.85. The Hall–Kier alpha value is -2.66. The largest absolute Gasteiger partial charge is 0.399 e. The molecule has 0 unspecified atom stereocenters. The van der Waals surface area contributed by atoms with Crippen molar-refractivity contribution in [2.75, 3.05) is 17.6 Å². The van der Waals surface area contributed by atoms with Crippen LogP contribution in [0.1, 0.15) is 18.4 Å². The zero-order chi connectivity index (χ0) is 17.5. The van der Waals surface area contributed by atoms with Crippen LogP contribution >= 0.6 is 11.8 Å². The van der Waals surface area contributed by atoms with Gasteiger partial charge in [-0.15, -0.1) is 0 Å². The lowest BCUT2D eigenvalue weighted by Crippen LogP contribution is -2.15. The monoisotopic (exact) mass is 360 g/mol. The molecule has 2 aliphatic heterocycles. The fourth-order valence-electron chi connectivity index (χ4n) is 3.40. The number of allylic oxidation sites excluding steroid dienone is 1. The molecule has 0 amide bonds. The van der Waals surface area contributed by atoms with Crippen LogP contribution in [-0.4, -0.2) is 12.3 Å². The van der Waals surface area contributed by atoms with Crippen molar-refractivity contribution < 1.29 is 0 Å². The van der Waals surface area contributed by atoms with E-state index in [2.05, 4.69) is 58.3 Å². The molecule has 0 bridgehead atoms. The minimum Gasteiger partial charge on any atom is -0.399 e. The summed E-state index contributed by atoms with van der Waals surface area (Å²) in [5, 5.41) is 8.17. The number of fused-ring (bicyclic) bond motifs is 1. The van der Waals surface area contributed by atoms with Crippen LogP contribution in [-0.2, 0) is 0 Å². The molecule has 5 rings (SSSR count). The molecule has 0 atom stereocenters. The number of para-hydroxylation sites is 1. The van der Waals surface area contributed by atoms with Gasteiger partial charge >= 0.3 is 0 Å². The highest BCUT2D eigenvalue weighted by molar-refractivity contribution is 8.08. The van der Waals surface area contributed by atoms with Crippen molar-refractivity contribution >= 4 is 33.8 Å². The van der Waals surface area contributed by atoms with Crippen molar-refractivity contribution in [2.24, 2.45) is 11.0 Å². The maximum atomic E-state index is 5.83. The third-order valence-electron chi connectivity index (χ3n) is 4.90. The molecule has 2 heterocycles. The summed E-state index contributed by atoms with van der Waals surface area (Å²) in [6.45, 7) is 0.798. The second-order valence-corrected chi connectivity index (χ2v) is 7.96. The average molecular weight is 360 g/mol. The Bertz CT molecular complexity index is 952. The van der Waals surface area contributed by atoms with Crippen molar-refractivity contribution in [1.29, 1.82) is 0 Å². The number of hydrogen-bond acceptors (Lipinski definition) is 5. The molecule has 1 saturated carbocycles. The van der Waals surface area contributed by atoms with Gasteiger partial charge in [0.2, 0.25) is 0 Å². The lowest BCUT2D eigenvalue weighted by Gasteiger charge is -2.23. The number of rotatable bonds is 3. The van der Waals surface area contributed by atoms with E-state index in [0.717, 1.165) is 23.6 Å². The van der Waals surface area contributed by atoms with Crippen molar-refractivity contribution in [3.05, 3.63) is 71.4 Å². The molecule has 0 saturated heterocycles. The molecule has 26 heavy (non-hydrogen) atoms. The van der Waals surface area contributed by atoms with Crippen molar-refractivity contribution in [3.8, 4) is 0 Å². The van der Waals surface area contributed by atoms with Gasteiger partial charge in [0.15, 0.2) is 0 Å². The van der Waals surface area contributed by atoms with Gasteiger partial charge in [-0.2, -0.15) is 5.10 Å². The van der Waals surface area contributed by atoms with Crippen molar-refractivity contribution in [2.45, 2.75) is 17.7 Å². The van der Waals surface area contributed by atoms with E-state index in [1.165, 1.54) is 39.5 Å². The predicted molar refractivity (Wildman–Crippen MR) is 110 cm³/mol. The summed E-state index contributed by atoms with van der Waals surface area (Å²) in [5.41, 5.74) is 15.9. The number of hydrazone groups is 1. The first-order chi connectivity index (χ1) is 12.8. The third-order valence-corrected chi connectivity index (χ3v) is 5.96. The molecule has 1 aliphatic carbocycles. The molecule has 4 N–H and O–H groups in total. The molecule has 5 heteroatoms. The molecular formula is C21H20N4S. The number of nitrogen functional groups attached to an aromatic ring is 1. The van der Waals surface area contributed by atoms with Gasteiger partial charge < -0.3 is 16.5 Å². The fraction of sp³-hybridized carbons (Fsp3) is 0.190. The quantitative estimate of drug-likeness (QED) is 0.708. The molecule has 4 nitrogen and oxygen atoms in total. The highest BCUT2D eigenvalue weighted by atomic mass is 32.2. The first-order valence-electron chi connectivity index (χ1n) is 8.93.